The van der Waals surface area contributed by atoms with Crippen LogP contribution >= 0.6 is 23.1 Å². The fourth-order valence-corrected chi connectivity index (χ4v) is 3.45. The van der Waals surface area contributed by atoms with Crippen molar-refractivity contribution in [1.82, 2.24) is 10.2 Å². The molecule has 0 saturated heterocycles. The summed E-state index contributed by atoms with van der Waals surface area (Å²) in [6.07, 6.45) is 2.01. The lowest BCUT2D eigenvalue weighted by Crippen LogP contribution is -2.31. The van der Waals surface area contributed by atoms with Gasteiger partial charge in [0, 0.05) is 18.7 Å². The van der Waals surface area contributed by atoms with Crippen molar-refractivity contribution in [2.45, 2.75) is 11.1 Å². The molecule has 1 rings (SSSR count). The second kappa shape index (κ2) is 7.01. The van der Waals surface area contributed by atoms with Crippen molar-refractivity contribution in [3.63, 3.8) is 0 Å². The Morgan fingerprint density at radius 2 is 2.17 bits per heavy atom. The minimum absolute atomic E-state index is 0.0536. The largest absolute Gasteiger partial charge is 0.495 e. The van der Waals surface area contributed by atoms with Crippen molar-refractivity contribution >= 4 is 29.0 Å². The van der Waals surface area contributed by atoms with E-state index in [1.54, 1.807) is 18.9 Å². The summed E-state index contributed by atoms with van der Waals surface area (Å²) in [6, 6.07) is 0. The average Bonchev–Trinajstić information content (AvgIpc) is 2.65. The molecule has 0 atom stereocenters. The lowest BCUT2D eigenvalue weighted by atomic mass is 10.3. The quantitative estimate of drug-likeness (QED) is 0.814. The van der Waals surface area contributed by atoms with E-state index in [9.17, 15) is 4.79 Å². The fourth-order valence-electron chi connectivity index (χ4n) is 1.54. The van der Waals surface area contributed by atoms with E-state index in [1.807, 2.05) is 32.2 Å². The van der Waals surface area contributed by atoms with Gasteiger partial charge in [-0.05, 0) is 27.3 Å². The molecule has 0 radical (unpaired) electrons. The van der Waals surface area contributed by atoms with Crippen molar-refractivity contribution in [3.8, 4) is 5.75 Å². The molecule has 1 aromatic heterocycles. The molecule has 0 aliphatic carbocycles. The summed E-state index contributed by atoms with van der Waals surface area (Å²) in [6.45, 7) is 3.45. The molecule has 0 aliphatic rings. The Bertz CT molecular complexity index is 416. The first-order valence-corrected chi connectivity index (χ1v) is 7.69. The zero-order chi connectivity index (χ0) is 13.7. The van der Waals surface area contributed by atoms with Crippen molar-refractivity contribution in [2.24, 2.45) is 0 Å². The van der Waals surface area contributed by atoms with E-state index in [2.05, 4.69) is 5.32 Å². The molecule has 1 aromatic rings. The molecule has 0 spiro atoms. The van der Waals surface area contributed by atoms with Crippen LogP contribution in [0.1, 0.15) is 15.2 Å². The van der Waals surface area contributed by atoms with E-state index in [0.29, 0.717) is 17.2 Å². The number of carbonyl (C=O) groups is 1. The molecule has 4 nitrogen and oxygen atoms in total. The first-order valence-electron chi connectivity index (χ1n) is 5.65. The van der Waals surface area contributed by atoms with Crippen molar-refractivity contribution in [3.05, 3.63) is 10.4 Å². The van der Waals surface area contributed by atoms with E-state index in [-0.39, 0.29) is 5.91 Å². The summed E-state index contributed by atoms with van der Waals surface area (Å²) in [7, 11) is 5.57. The van der Waals surface area contributed by atoms with Crippen LogP contribution in [0, 0.1) is 6.92 Å². The van der Waals surface area contributed by atoms with E-state index < -0.39 is 0 Å². The van der Waals surface area contributed by atoms with Crippen molar-refractivity contribution in [1.29, 1.82) is 0 Å². The highest BCUT2D eigenvalue weighted by atomic mass is 32.2. The van der Waals surface area contributed by atoms with E-state index in [1.165, 1.54) is 11.3 Å². The summed E-state index contributed by atoms with van der Waals surface area (Å²) < 4.78 is 6.46. The Morgan fingerprint density at radius 1 is 1.50 bits per heavy atom. The molecule has 102 valence electrons. The van der Waals surface area contributed by atoms with Gasteiger partial charge < -0.3 is 15.0 Å². The smallest absolute Gasteiger partial charge is 0.265 e. The Labute approximate surface area is 117 Å². The summed E-state index contributed by atoms with van der Waals surface area (Å²) in [5, 5.41) is 2.91. The van der Waals surface area contributed by atoms with Gasteiger partial charge in [0.1, 0.15) is 10.6 Å². The van der Waals surface area contributed by atoms with Gasteiger partial charge in [-0.25, -0.2) is 0 Å². The maximum Gasteiger partial charge on any atom is 0.265 e. The van der Waals surface area contributed by atoms with Crippen LogP contribution in [0.4, 0.5) is 0 Å². The number of nitrogens with zero attached hydrogens (tertiary/aromatic N) is 1. The fraction of sp³-hybridized carbons (Fsp3) is 0.583. The van der Waals surface area contributed by atoms with Gasteiger partial charge in [-0.15, -0.1) is 23.1 Å². The third-order valence-electron chi connectivity index (χ3n) is 2.49. The van der Waals surface area contributed by atoms with Gasteiger partial charge in [0.25, 0.3) is 5.91 Å². The van der Waals surface area contributed by atoms with Gasteiger partial charge in [0.15, 0.2) is 0 Å². The number of hydrogen-bond acceptors (Lipinski definition) is 5. The molecule has 1 N–H and O–H groups in total. The molecule has 0 saturated carbocycles. The second-order valence-corrected chi connectivity index (χ2v) is 6.24. The number of thiophene rings is 1. The standard InChI is InChI=1S/C12H20N2O2S2/c1-8-9(16-4)10(18-12(8)17-5)11(15)13-6-7-14(2)3/h6-7H2,1-5H3,(H,13,15). The van der Waals surface area contributed by atoms with Crippen LogP contribution in [0.2, 0.25) is 0 Å². The van der Waals surface area contributed by atoms with Crippen LogP contribution in [0.5, 0.6) is 5.75 Å². The Hall–Kier alpha value is -0.720. The molecule has 0 bridgehead atoms. The normalized spacial score (nSPS) is 10.8. The SMILES string of the molecule is COc1c(C(=O)NCCN(C)C)sc(SC)c1C. The van der Waals surface area contributed by atoms with Gasteiger partial charge in [0.05, 0.1) is 11.3 Å². The number of methoxy groups -OCH3 is 1. The molecule has 0 unspecified atom stereocenters. The molecular formula is C12H20N2O2S2. The van der Waals surface area contributed by atoms with Gasteiger partial charge in [0.2, 0.25) is 0 Å². The summed E-state index contributed by atoms with van der Waals surface area (Å²) in [5.74, 6) is 0.647. The Morgan fingerprint density at radius 3 is 2.67 bits per heavy atom. The topological polar surface area (TPSA) is 41.6 Å². The number of nitrogens with one attached hydrogen (secondary N) is 1. The summed E-state index contributed by atoms with van der Waals surface area (Å²) >= 11 is 3.13. The average molecular weight is 288 g/mol. The molecule has 1 heterocycles. The van der Waals surface area contributed by atoms with Crippen LogP contribution < -0.4 is 10.1 Å². The molecular weight excluding hydrogens is 268 g/mol. The summed E-state index contributed by atoms with van der Waals surface area (Å²) in [5.41, 5.74) is 1.05. The number of rotatable bonds is 6. The lowest BCUT2D eigenvalue weighted by Gasteiger charge is -2.10. The predicted molar refractivity (Wildman–Crippen MR) is 78.3 cm³/mol. The zero-order valence-electron chi connectivity index (χ0n) is 11.5. The third-order valence-corrected chi connectivity index (χ3v) is 4.98. The zero-order valence-corrected chi connectivity index (χ0v) is 13.1. The van der Waals surface area contributed by atoms with Gasteiger partial charge in [-0.3, -0.25) is 4.79 Å². The maximum atomic E-state index is 12.1. The highest BCUT2D eigenvalue weighted by Gasteiger charge is 2.20. The number of carbonyl (C=O) groups excluding carboxylic acids is 1. The van der Waals surface area contributed by atoms with E-state index in [0.717, 1.165) is 16.3 Å². The molecule has 0 fully saturated rings. The molecule has 18 heavy (non-hydrogen) atoms. The lowest BCUT2D eigenvalue weighted by molar-refractivity contribution is 0.0952. The van der Waals surface area contributed by atoms with Crippen LogP contribution in [0.15, 0.2) is 4.21 Å². The Kier molecular flexibility index (Phi) is 5.98. The summed E-state index contributed by atoms with van der Waals surface area (Å²) in [4.78, 5) is 14.8. The minimum atomic E-state index is -0.0536. The number of amides is 1. The van der Waals surface area contributed by atoms with Crippen LogP contribution in [0.3, 0.4) is 0 Å². The van der Waals surface area contributed by atoms with Crippen LogP contribution in [-0.2, 0) is 0 Å². The Balaban J connectivity index is 2.78. The number of ether oxygens (including phenoxy) is 1. The van der Waals surface area contributed by atoms with Crippen LogP contribution in [0.25, 0.3) is 0 Å². The van der Waals surface area contributed by atoms with Crippen molar-refractivity contribution in [2.75, 3.05) is 40.6 Å². The first-order chi connectivity index (χ1) is 8.51. The third kappa shape index (κ3) is 3.63. The highest BCUT2D eigenvalue weighted by molar-refractivity contribution is 8.00. The van der Waals surface area contributed by atoms with E-state index in [4.69, 9.17) is 4.74 Å². The number of likely N-dealkylation sites (N-methyl/N-ethyl adjacent to an activating group) is 1. The first kappa shape index (κ1) is 15.3. The maximum absolute atomic E-state index is 12.1. The van der Waals surface area contributed by atoms with Gasteiger partial charge in [-0.1, -0.05) is 0 Å². The van der Waals surface area contributed by atoms with Gasteiger partial charge >= 0.3 is 0 Å². The minimum Gasteiger partial charge on any atom is -0.495 e. The second-order valence-electron chi connectivity index (χ2n) is 4.14. The highest BCUT2D eigenvalue weighted by Crippen LogP contribution is 2.39. The number of hydrogen-bond donors (Lipinski definition) is 1. The molecule has 1 amide bonds. The molecule has 0 aromatic carbocycles. The van der Waals surface area contributed by atoms with Crippen LogP contribution in [-0.4, -0.2) is 51.4 Å². The monoisotopic (exact) mass is 288 g/mol. The van der Waals surface area contributed by atoms with Gasteiger partial charge in [-0.2, -0.15) is 0 Å². The van der Waals surface area contributed by atoms with Crippen molar-refractivity contribution < 1.29 is 9.53 Å². The molecule has 0 aliphatic heterocycles. The van der Waals surface area contributed by atoms with E-state index >= 15 is 0 Å². The number of thioether (sulfide) groups is 1. The molecule has 6 heteroatoms. The predicted octanol–water partition coefficient (Wildman–Crippen LogP) is 2.08.